The topological polar surface area (TPSA) is 15.3 Å². The molecule has 2 nitrogen and oxygen atoms in total. The molecular weight excluding hydrogens is 148 g/mol. The minimum absolute atomic E-state index is 0.940. The van der Waals surface area contributed by atoms with E-state index < -0.39 is 0 Å². The lowest BCUT2D eigenvalue weighted by molar-refractivity contribution is 1.17. The minimum Gasteiger partial charge on any atom is -0.340 e. The molecule has 0 atom stereocenters. The van der Waals surface area contributed by atoms with Gasteiger partial charge < -0.3 is 10.2 Å². The van der Waals surface area contributed by atoms with Crippen LogP contribution in [0.2, 0.25) is 0 Å². The number of aryl methyl sites for hydroxylation is 1. The molecule has 1 heterocycles. The van der Waals surface area contributed by atoms with Crippen molar-refractivity contribution < 1.29 is 0 Å². The molecule has 0 fully saturated rings. The summed E-state index contributed by atoms with van der Waals surface area (Å²) in [5.74, 6) is 0.940. The molecule has 12 heavy (non-hydrogen) atoms. The summed E-state index contributed by atoms with van der Waals surface area (Å²) in [5, 5.41) is 3.22. The van der Waals surface area contributed by atoms with E-state index in [0.717, 1.165) is 11.5 Å². The van der Waals surface area contributed by atoms with E-state index in [4.69, 9.17) is 0 Å². The molecule has 1 N–H and O–H groups in total. The Morgan fingerprint density at radius 1 is 1.42 bits per heavy atom. The molecule has 1 aromatic rings. The van der Waals surface area contributed by atoms with Crippen LogP contribution in [0.1, 0.15) is 5.56 Å². The van der Waals surface area contributed by atoms with Crippen LogP contribution in [0.5, 0.6) is 0 Å². The number of fused-ring (bicyclic) bond motifs is 1. The van der Waals surface area contributed by atoms with Crippen molar-refractivity contribution in [1.29, 1.82) is 0 Å². The first-order chi connectivity index (χ1) is 5.68. The molecule has 0 saturated carbocycles. The van der Waals surface area contributed by atoms with Gasteiger partial charge in [-0.15, -0.1) is 0 Å². The zero-order valence-electron chi connectivity index (χ0n) is 7.39. The standard InChI is InChI=1S/C10H12N2/c1-7-4-5-10-9(6-7)11-8(2)12(10)3/h4-6,11H,2H2,1,3H3. The highest BCUT2D eigenvalue weighted by Crippen LogP contribution is 2.34. The van der Waals surface area contributed by atoms with E-state index in [1.54, 1.807) is 0 Å². The SMILES string of the molecule is C=C1Nc2cc(C)ccc2N1C. The number of benzene rings is 1. The Morgan fingerprint density at radius 2 is 2.17 bits per heavy atom. The van der Waals surface area contributed by atoms with Gasteiger partial charge in [-0.3, -0.25) is 0 Å². The van der Waals surface area contributed by atoms with Gasteiger partial charge >= 0.3 is 0 Å². The van der Waals surface area contributed by atoms with Crippen molar-refractivity contribution in [2.45, 2.75) is 6.92 Å². The lowest BCUT2D eigenvalue weighted by Crippen LogP contribution is -2.12. The highest BCUT2D eigenvalue weighted by Gasteiger charge is 2.17. The van der Waals surface area contributed by atoms with Gasteiger partial charge in [0, 0.05) is 7.05 Å². The summed E-state index contributed by atoms with van der Waals surface area (Å²) in [6.45, 7) is 5.98. The molecule has 62 valence electrons. The van der Waals surface area contributed by atoms with Gasteiger partial charge in [0.05, 0.1) is 11.4 Å². The van der Waals surface area contributed by atoms with Crippen molar-refractivity contribution >= 4 is 11.4 Å². The quantitative estimate of drug-likeness (QED) is 0.626. The molecule has 0 radical (unpaired) electrons. The van der Waals surface area contributed by atoms with Gasteiger partial charge in [-0.2, -0.15) is 0 Å². The second-order valence-electron chi connectivity index (χ2n) is 3.15. The molecule has 0 bridgehead atoms. The second-order valence-corrected chi connectivity index (χ2v) is 3.15. The smallest absolute Gasteiger partial charge is 0.103 e. The molecule has 0 aromatic heterocycles. The third kappa shape index (κ3) is 0.881. The molecule has 2 rings (SSSR count). The van der Waals surface area contributed by atoms with Crippen LogP contribution in [-0.2, 0) is 0 Å². The van der Waals surface area contributed by atoms with Gasteiger partial charge in [0.1, 0.15) is 5.82 Å². The van der Waals surface area contributed by atoms with E-state index in [-0.39, 0.29) is 0 Å². The molecule has 0 unspecified atom stereocenters. The Labute approximate surface area is 72.5 Å². The normalized spacial score (nSPS) is 14.5. The third-order valence-corrected chi connectivity index (χ3v) is 2.20. The van der Waals surface area contributed by atoms with Crippen molar-refractivity contribution in [2.75, 3.05) is 17.3 Å². The van der Waals surface area contributed by atoms with Crippen molar-refractivity contribution in [3.05, 3.63) is 36.2 Å². The molecule has 0 saturated heterocycles. The highest BCUT2D eigenvalue weighted by atomic mass is 15.3. The summed E-state index contributed by atoms with van der Waals surface area (Å²) < 4.78 is 0. The van der Waals surface area contributed by atoms with Crippen LogP contribution in [0.15, 0.2) is 30.6 Å². The summed E-state index contributed by atoms with van der Waals surface area (Å²) in [6.07, 6.45) is 0. The summed E-state index contributed by atoms with van der Waals surface area (Å²) in [5.41, 5.74) is 3.62. The zero-order chi connectivity index (χ0) is 8.72. The second kappa shape index (κ2) is 2.27. The number of nitrogens with zero attached hydrogens (tertiary/aromatic N) is 1. The minimum atomic E-state index is 0.940. The first kappa shape index (κ1) is 7.22. The molecule has 1 aliphatic heterocycles. The van der Waals surface area contributed by atoms with Crippen molar-refractivity contribution in [3.8, 4) is 0 Å². The number of hydrogen-bond donors (Lipinski definition) is 1. The lowest BCUT2D eigenvalue weighted by atomic mass is 10.2. The number of anilines is 2. The zero-order valence-corrected chi connectivity index (χ0v) is 7.39. The van der Waals surface area contributed by atoms with Gasteiger partial charge in [-0.05, 0) is 24.6 Å². The van der Waals surface area contributed by atoms with E-state index in [9.17, 15) is 0 Å². The Balaban J connectivity index is 2.54. The van der Waals surface area contributed by atoms with Gasteiger partial charge in [0.15, 0.2) is 0 Å². The van der Waals surface area contributed by atoms with Crippen LogP contribution in [0, 0.1) is 6.92 Å². The first-order valence-corrected chi connectivity index (χ1v) is 3.99. The van der Waals surface area contributed by atoms with Crippen LogP contribution >= 0.6 is 0 Å². The molecule has 2 heteroatoms. The monoisotopic (exact) mass is 160 g/mol. The summed E-state index contributed by atoms with van der Waals surface area (Å²) in [7, 11) is 2.01. The van der Waals surface area contributed by atoms with Gasteiger partial charge in [0.25, 0.3) is 0 Å². The highest BCUT2D eigenvalue weighted by molar-refractivity contribution is 5.80. The van der Waals surface area contributed by atoms with Gasteiger partial charge in [0.2, 0.25) is 0 Å². The molecule has 1 aromatic carbocycles. The molecule has 0 spiro atoms. The van der Waals surface area contributed by atoms with E-state index in [1.165, 1.54) is 11.3 Å². The Kier molecular flexibility index (Phi) is 1.37. The average Bonchev–Trinajstić information content (AvgIpc) is 2.28. The Hall–Kier alpha value is -1.44. The van der Waals surface area contributed by atoms with Crippen LogP contribution in [0.3, 0.4) is 0 Å². The maximum absolute atomic E-state index is 3.89. The van der Waals surface area contributed by atoms with E-state index in [0.29, 0.717) is 0 Å². The Morgan fingerprint density at radius 3 is 2.92 bits per heavy atom. The first-order valence-electron chi connectivity index (χ1n) is 3.99. The third-order valence-electron chi connectivity index (χ3n) is 2.20. The molecule has 1 aliphatic rings. The maximum Gasteiger partial charge on any atom is 0.103 e. The Bertz CT molecular complexity index is 342. The van der Waals surface area contributed by atoms with Crippen molar-refractivity contribution in [1.82, 2.24) is 0 Å². The van der Waals surface area contributed by atoms with Crippen LogP contribution < -0.4 is 10.2 Å². The van der Waals surface area contributed by atoms with Crippen LogP contribution in [0.25, 0.3) is 0 Å². The number of hydrogen-bond acceptors (Lipinski definition) is 2. The number of rotatable bonds is 0. The fraction of sp³-hybridized carbons (Fsp3) is 0.200. The van der Waals surface area contributed by atoms with Crippen LogP contribution in [-0.4, -0.2) is 7.05 Å². The predicted molar refractivity (Wildman–Crippen MR) is 52.3 cm³/mol. The van der Waals surface area contributed by atoms with E-state index in [2.05, 4.69) is 41.9 Å². The fourth-order valence-corrected chi connectivity index (χ4v) is 1.43. The molecule has 0 amide bonds. The van der Waals surface area contributed by atoms with Crippen molar-refractivity contribution in [2.24, 2.45) is 0 Å². The lowest BCUT2D eigenvalue weighted by Gasteiger charge is -2.10. The number of nitrogens with one attached hydrogen (secondary N) is 1. The average molecular weight is 160 g/mol. The van der Waals surface area contributed by atoms with Crippen LogP contribution in [0.4, 0.5) is 11.4 Å². The van der Waals surface area contributed by atoms with E-state index in [1.807, 2.05) is 7.05 Å². The molecule has 0 aliphatic carbocycles. The van der Waals surface area contributed by atoms with Crippen molar-refractivity contribution in [3.63, 3.8) is 0 Å². The molecular formula is C10H12N2. The summed E-state index contributed by atoms with van der Waals surface area (Å²) in [6, 6.07) is 6.34. The maximum atomic E-state index is 3.89. The van der Waals surface area contributed by atoms with E-state index >= 15 is 0 Å². The largest absolute Gasteiger partial charge is 0.340 e. The summed E-state index contributed by atoms with van der Waals surface area (Å²) >= 11 is 0. The predicted octanol–water partition coefficient (Wildman–Crippen LogP) is 2.33. The fourth-order valence-electron chi connectivity index (χ4n) is 1.43. The van der Waals surface area contributed by atoms with Gasteiger partial charge in [-0.1, -0.05) is 12.6 Å². The summed E-state index contributed by atoms with van der Waals surface area (Å²) in [4.78, 5) is 2.05. The van der Waals surface area contributed by atoms with Gasteiger partial charge in [-0.25, -0.2) is 0 Å².